The Morgan fingerprint density at radius 2 is 2.21 bits per heavy atom. The summed E-state index contributed by atoms with van der Waals surface area (Å²) in [4.78, 5) is 16.0. The van der Waals surface area contributed by atoms with Gasteiger partial charge in [-0.05, 0) is 25.9 Å². The van der Waals surface area contributed by atoms with E-state index in [9.17, 15) is 4.79 Å². The van der Waals surface area contributed by atoms with E-state index in [4.69, 9.17) is 0 Å². The summed E-state index contributed by atoms with van der Waals surface area (Å²) in [5.41, 5.74) is 0. The van der Waals surface area contributed by atoms with Gasteiger partial charge in [0.05, 0.1) is 0 Å². The standard InChI is InChI=1S/C11H22N2O/c1-9(2)7-11(14)13(4)10-5-6-12(3)8-10/h9-10H,5-8H2,1-4H3. The Labute approximate surface area is 87.1 Å². The van der Waals surface area contributed by atoms with Crippen LogP contribution in [0.3, 0.4) is 0 Å². The normalized spacial score (nSPS) is 23.1. The number of likely N-dealkylation sites (N-methyl/N-ethyl adjacent to an activating group) is 2. The predicted octanol–water partition coefficient (Wildman–Crippen LogP) is 1.19. The zero-order valence-corrected chi connectivity index (χ0v) is 9.79. The van der Waals surface area contributed by atoms with E-state index in [0.29, 0.717) is 24.3 Å². The van der Waals surface area contributed by atoms with E-state index in [1.165, 1.54) is 0 Å². The fourth-order valence-corrected chi connectivity index (χ4v) is 1.92. The van der Waals surface area contributed by atoms with Crippen molar-refractivity contribution in [2.75, 3.05) is 27.2 Å². The maximum Gasteiger partial charge on any atom is 0.222 e. The second-order valence-electron chi connectivity index (χ2n) is 4.81. The highest BCUT2D eigenvalue weighted by molar-refractivity contribution is 5.76. The van der Waals surface area contributed by atoms with Gasteiger partial charge in [0.15, 0.2) is 0 Å². The van der Waals surface area contributed by atoms with Crippen molar-refractivity contribution in [3.63, 3.8) is 0 Å². The Hall–Kier alpha value is -0.570. The molecule has 1 saturated heterocycles. The summed E-state index contributed by atoms with van der Waals surface area (Å²) in [6.07, 6.45) is 1.80. The molecule has 0 aromatic carbocycles. The Balaban J connectivity index is 2.40. The Bertz CT molecular complexity index is 203. The van der Waals surface area contributed by atoms with Gasteiger partial charge in [0.1, 0.15) is 0 Å². The molecular formula is C11H22N2O. The van der Waals surface area contributed by atoms with E-state index in [2.05, 4.69) is 25.8 Å². The molecule has 3 nitrogen and oxygen atoms in total. The number of likely N-dealkylation sites (tertiary alicyclic amines) is 1. The zero-order valence-electron chi connectivity index (χ0n) is 9.79. The summed E-state index contributed by atoms with van der Waals surface area (Å²) in [6, 6.07) is 0.436. The maximum atomic E-state index is 11.8. The third-order valence-corrected chi connectivity index (χ3v) is 2.89. The molecule has 0 radical (unpaired) electrons. The van der Waals surface area contributed by atoms with Crippen LogP contribution in [0.15, 0.2) is 0 Å². The molecular weight excluding hydrogens is 176 g/mol. The molecule has 1 amide bonds. The van der Waals surface area contributed by atoms with Crippen LogP contribution in [0.5, 0.6) is 0 Å². The van der Waals surface area contributed by atoms with E-state index < -0.39 is 0 Å². The van der Waals surface area contributed by atoms with Crippen LogP contribution < -0.4 is 0 Å². The van der Waals surface area contributed by atoms with Crippen LogP contribution in [-0.2, 0) is 4.79 Å². The fourth-order valence-electron chi connectivity index (χ4n) is 1.92. The first-order chi connectivity index (χ1) is 6.50. The van der Waals surface area contributed by atoms with Crippen molar-refractivity contribution in [1.29, 1.82) is 0 Å². The molecule has 1 aliphatic rings. The maximum absolute atomic E-state index is 11.8. The van der Waals surface area contributed by atoms with Crippen LogP contribution in [0.25, 0.3) is 0 Å². The van der Waals surface area contributed by atoms with Crippen molar-refractivity contribution in [1.82, 2.24) is 9.80 Å². The summed E-state index contributed by atoms with van der Waals surface area (Å²) in [7, 11) is 4.05. The molecule has 1 aliphatic heterocycles. The highest BCUT2D eigenvalue weighted by atomic mass is 16.2. The van der Waals surface area contributed by atoms with E-state index >= 15 is 0 Å². The lowest BCUT2D eigenvalue weighted by molar-refractivity contribution is -0.132. The zero-order chi connectivity index (χ0) is 10.7. The molecule has 1 heterocycles. The van der Waals surface area contributed by atoms with Gasteiger partial charge < -0.3 is 9.80 Å². The van der Waals surface area contributed by atoms with Crippen LogP contribution >= 0.6 is 0 Å². The van der Waals surface area contributed by atoms with E-state index in [-0.39, 0.29) is 0 Å². The van der Waals surface area contributed by atoms with Crippen molar-refractivity contribution in [3.05, 3.63) is 0 Å². The number of rotatable bonds is 3. The molecule has 0 aliphatic carbocycles. The average molecular weight is 198 g/mol. The van der Waals surface area contributed by atoms with Crippen molar-refractivity contribution in [2.45, 2.75) is 32.7 Å². The fraction of sp³-hybridized carbons (Fsp3) is 0.909. The second kappa shape index (κ2) is 4.78. The lowest BCUT2D eigenvalue weighted by Crippen LogP contribution is -2.38. The summed E-state index contributed by atoms with van der Waals surface area (Å²) >= 11 is 0. The Morgan fingerprint density at radius 3 is 2.64 bits per heavy atom. The SMILES string of the molecule is CC(C)CC(=O)N(C)C1CCN(C)C1. The number of hydrogen-bond donors (Lipinski definition) is 0. The lowest BCUT2D eigenvalue weighted by Gasteiger charge is -2.25. The van der Waals surface area contributed by atoms with Gasteiger partial charge in [0.25, 0.3) is 0 Å². The van der Waals surface area contributed by atoms with Crippen LogP contribution in [0, 0.1) is 5.92 Å². The van der Waals surface area contributed by atoms with Gasteiger partial charge in [-0.1, -0.05) is 13.8 Å². The lowest BCUT2D eigenvalue weighted by atomic mass is 10.1. The van der Waals surface area contributed by atoms with Crippen molar-refractivity contribution in [3.8, 4) is 0 Å². The summed E-state index contributed by atoms with van der Waals surface area (Å²) in [5, 5.41) is 0. The molecule has 0 bridgehead atoms. The molecule has 1 unspecified atom stereocenters. The van der Waals surface area contributed by atoms with Crippen molar-refractivity contribution < 1.29 is 4.79 Å². The number of amides is 1. The van der Waals surface area contributed by atoms with E-state index in [0.717, 1.165) is 19.5 Å². The van der Waals surface area contributed by atoms with Crippen LogP contribution in [0.2, 0.25) is 0 Å². The first kappa shape index (κ1) is 11.5. The Kier molecular flexibility index (Phi) is 3.93. The molecule has 14 heavy (non-hydrogen) atoms. The topological polar surface area (TPSA) is 23.6 Å². The second-order valence-corrected chi connectivity index (χ2v) is 4.81. The molecule has 0 N–H and O–H groups in total. The van der Waals surface area contributed by atoms with Gasteiger partial charge in [-0.15, -0.1) is 0 Å². The monoisotopic (exact) mass is 198 g/mol. The van der Waals surface area contributed by atoms with E-state index in [1.54, 1.807) is 0 Å². The van der Waals surface area contributed by atoms with Crippen LogP contribution in [0.1, 0.15) is 26.7 Å². The minimum atomic E-state index is 0.292. The smallest absolute Gasteiger partial charge is 0.222 e. The molecule has 0 spiro atoms. The molecule has 3 heteroatoms. The van der Waals surface area contributed by atoms with Crippen molar-refractivity contribution in [2.24, 2.45) is 5.92 Å². The molecule has 82 valence electrons. The van der Waals surface area contributed by atoms with Gasteiger partial charge >= 0.3 is 0 Å². The minimum absolute atomic E-state index is 0.292. The third kappa shape index (κ3) is 2.98. The molecule has 0 aromatic heterocycles. The molecule has 0 aromatic rings. The third-order valence-electron chi connectivity index (χ3n) is 2.89. The Morgan fingerprint density at radius 1 is 1.57 bits per heavy atom. The first-order valence-corrected chi connectivity index (χ1v) is 5.45. The van der Waals surface area contributed by atoms with E-state index in [1.807, 2.05) is 11.9 Å². The number of hydrogen-bond acceptors (Lipinski definition) is 2. The van der Waals surface area contributed by atoms with Crippen LogP contribution in [0.4, 0.5) is 0 Å². The van der Waals surface area contributed by atoms with Crippen molar-refractivity contribution >= 4 is 5.91 Å². The number of carbonyl (C=O) groups is 1. The van der Waals surface area contributed by atoms with Crippen LogP contribution in [-0.4, -0.2) is 48.9 Å². The highest BCUT2D eigenvalue weighted by Crippen LogP contribution is 2.14. The summed E-state index contributed by atoms with van der Waals surface area (Å²) in [5.74, 6) is 0.754. The van der Waals surface area contributed by atoms with Gasteiger partial charge in [0, 0.05) is 26.1 Å². The number of carbonyl (C=O) groups excluding carboxylic acids is 1. The summed E-state index contributed by atoms with van der Waals surface area (Å²) in [6.45, 7) is 6.32. The van der Waals surface area contributed by atoms with Gasteiger partial charge in [0.2, 0.25) is 5.91 Å². The quantitative estimate of drug-likeness (QED) is 0.680. The molecule has 0 saturated carbocycles. The first-order valence-electron chi connectivity index (χ1n) is 5.45. The predicted molar refractivity (Wildman–Crippen MR) is 58.1 cm³/mol. The average Bonchev–Trinajstić information content (AvgIpc) is 2.49. The molecule has 1 rings (SSSR count). The number of nitrogens with zero attached hydrogens (tertiary/aromatic N) is 2. The molecule has 1 fully saturated rings. The van der Waals surface area contributed by atoms with Gasteiger partial charge in [-0.25, -0.2) is 0 Å². The largest absolute Gasteiger partial charge is 0.341 e. The van der Waals surface area contributed by atoms with Gasteiger partial charge in [-0.3, -0.25) is 4.79 Å². The highest BCUT2D eigenvalue weighted by Gasteiger charge is 2.26. The minimum Gasteiger partial charge on any atom is -0.341 e. The molecule has 1 atom stereocenters. The van der Waals surface area contributed by atoms with Gasteiger partial charge in [-0.2, -0.15) is 0 Å². The summed E-state index contributed by atoms with van der Waals surface area (Å²) < 4.78 is 0.